The fraction of sp³-hybridized carbons (Fsp3) is 0.333. The highest BCUT2D eigenvalue weighted by Gasteiger charge is 2.11. The van der Waals surface area contributed by atoms with Crippen LogP contribution in [0.25, 0.3) is 0 Å². The normalized spacial score (nSPS) is 11.2. The highest BCUT2D eigenvalue weighted by Crippen LogP contribution is 2.18. The molecule has 0 aliphatic heterocycles. The summed E-state index contributed by atoms with van der Waals surface area (Å²) < 4.78 is 16.6. The molecule has 2 aromatic rings. The first-order chi connectivity index (χ1) is 9.58. The summed E-state index contributed by atoms with van der Waals surface area (Å²) in [6.45, 7) is 1.73. The van der Waals surface area contributed by atoms with Crippen molar-refractivity contribution in [2.24, 2.45) is 7.05 Å². The fourth-order valence-corrected chi connectivity index (χ4v) is 2.58. The number of hydrogen-bond acceptors (Lipinski definition) is 2. The van der Waals surface area contributed by atoms with Gasteiger partial charge in [-0.1, -0.05) is 15.9 Å². The molecule has 0 fully saturated rings. The number of aliphatic hydroxyl groups excluding tert-OH is 1. The summed E-state index contributed by atoms with van der Waals surface area (Å²) in [6, 6.07) is 6.96. The van der Waals surface area contributed by atoms with Gasteiger partial charge in [0.15, 0.2) is 0 Å². The molecule has 3 nitrogen and oxygen atoms in total. The second-order valence-electron chi connectivity index (χ2n) is 4.86. The molecule has 0 bridgehead atoms. The summed E-state index contributed by atoms with van der Waals surface area (Å²) in [5.74, 6) is -0.218. The van der Waals surface area contributed by atoms with Crippen molar-refractivity contribution in [1.82, 2.24) is 9.47 Å². The number of aromatic nitrogens is 1. The van der Waals surface area contributed by atoms with Crippen LogP contribution in [0, 0.1) is 5.82 Å². The molecule has 108 valence electrons. The van der Waals surface area contributed by atoms with Gasteiger partial charge >= 0.3 is 0 Å². The van der Waals surface area contributed by atoms with Gasteiger partial charge in [-0.2, -0.15) is 0 Å². The Morgan fingerprint density at radius 1 is 1.30 bits per heavy atom. The van der Waals surface area contributed by atoms with Crippen LogP contribution in [0.2, 0.25) is 0 Å². The molecule has 1 aromatic heterocycles. The average Bonchev–Trinajstić information content (AvgIpc) is 2.79. The predicted octanol–water partition coefficient (Wildman–Crippen LogP) is 2.92. The quantitative estimate of drug-likeness (QED) is 0.875. The Labute approximate surface area is 126 Å². The van der Waals surface area contributed by atoms with Crippen molar-refractivity contribution in [3.8, 4) is 0 Å². The molecule has 0 unspecified atom stereocenters. The van der Waals surface area contributed by atoms with E-state index in [2.05, 4.69) is 15.9 Å². The SMILES string of the molecule is Cn1ccc(CN(CCO)Cc2cc(Br)ccc2F)c1. The van der Waals surface area contributed by atoms with Crippen LogP contribution in [-0.4, -0.2) is 27.7 Å². The van der Waals surface area contributed by atoms with Crippen molar-refractivity contribution >= 4 is 15.9 Å². The predicted molar refractivity (Wildman–Crippen MR) is 80.7 cm³/mol. The Morgan fingerprint density at radius 2 is 2.10 bits per heavy atom. The molecule has 0 radical (unpaired) electrons. The van der Waals surface area contributed by atoms with Crippen LogP contribution in [0.1, 0.15) is 11.1 Å². The molecule has 20 heavy (non-hydrogen) atoms. The molecule has 1 aromatic carbocycles. The molecule has 0 amide bonds. The van der Waals surface area contributed by atoms with Crippen molar-refractivity contribution < 1.29 is 9.50 Å². The van der Waals surface area contributed by atoms with E-state index in [-0.39, 0.29) is 12.4 Å². The maximum atomic E-state index is 13.8. The summed E-state index contributed by atoms with van der Waals surface area (Å²) in [5, 5.41) is 9.17. The number of benzene rings is 1. The second-order valence-corrected chi connectivity index (χ2v) is 5.77. The van der Waals surface area contributed by atoms with Crippen molar-refractivity contribution in [2.45, 2.75) is 13.1 Å². The van der Waals surface area contributed by atoms with Gasteiger partial charge < -0.3 is 9.67 Å². The third-order valence-electron chi connectivity index (χ3n) is 3.12. The summed E-state index contributed by atoms with van der Waals surface area (Å²) >= 11 is 3.36. The molecule has 0 saturated carbocycles. The van der Waals surface area contributed by atoms with Gasteiger partial charge in [0.1, 0.15) is 5.82 Å². The van der Waals surface area contributed by atoms with E-state index in [4.69, 9.17) is 0 Å². The molecule has 0 aliphatic rings. The minimum absolute atomic E-state index is 0.0580. The standard InChI is InChI=1S/C15H18BrFN2O/c1-18-5-4-12(9-18)10-19(6-7-20)11-13-8-14(16)2-3-15(13)17/h2-5,8-9,20H,6-7,10-11H2,1H3. The first kappa shape index (κ1) is 15.2. The van der Waals surface area contributed by atoms with Crippen molar-refractivity contribution in [3.63, 3.8) is 0 Å². The number of rotatable bonds is 6. The van der Waals surface area contributed by atoms with E-state index in [0.29, 0.717) is 25.2 Å². The summed E-state index contributed by atoms with van der Waals surface area (Å²) in [6.07, 6.45) is 4.01. The number of halogens is 2. The molecule has 2 rings (SSSR count). The monoisotopic (exact) mass is 340 g/mol. The van der Waals surface area contributed by atoms with Crippen LogP contribution < -0.4 is 0 Å². The van der Waals surface area contributed by atoms with Crippen molar-refractivity contribution in [3.05, 3.63) is 58.1 Å². The Morgan fingerprint density at radius 3 is 2.75 bits per heavy atom. The van der Waals surface area contributed by atoms with Crippen LogP contribution in [0.3, 0.4) is 0 Å². The zero-order valence-corrected chi connectivity index (χ0v) is 13.0. The maximum Gasteiger partial charge on any atom is 0.127 e. The van der Waals surface area contributed by atoms with Crippen LogP contribution in [-0.2, 0) is 20.1 Å². The van der Waals surface area contributed by atoms with E-state index in [1.165, 1.54) is 6.07 Å². The Hall–Kier alpha value is -1.17. The first-order valence-corrected chi connectivity index (χ1v) is 7.26. The second kappa shape index (κ2) is 7.02. The Bertz CT molecular complexity index is 571. The van der Waals surface area contributed by atoms with Gasteiger partial charge in [0, 0.05) is 49.1 Å². The zero-order chi connectivity index (χ0) is 14.5. The molecule has 1 heterocycles. The van der Waals surface area contributed by atoms with Gasteiger partial charge in [0.05, 0.1) is 6.61 Å². The topological polar surface area (TPSA) is 28.4 Å². The van der Waals surface area contributed by atoms with Gasteiger partial charge in [-0.3, -0.25) is 4.90 Å². The molecule has 0 atom stereocenters. The van der Waals surface area contributed by atoms with Gasteiger partial charge in [0.25, 0.3) is 0 Å². The van der Waals surface area contributed by atoms with Crippen molar-refractivity contribution in [2.75, 3.05) is 13.2 Å². The number of hydrogen-bond donors (Lipinski definition) is 1. The number of nitrogens with zero attached hydrogens (tertiary/aromatic N) is 2. The number of aryl methyl sites for hydroxylation is 1. The summed E-state index contributed by atoms with van der Waals surface area (Å²) in [5.41, 5.74) is 1.78. The van der Waals surface area contributed by atoms with E-state index < -0.39 is 0 Å². The maximum absolute atomic E-state index is 13.8. The molecule has 0 spiro atoms. The third-order valence-corrected chi connectivity index (χ3v) is 3.61. The lowest BCUT2D eigenvalue weighted by molar-refractivity contribution is 0.183. The first-order valence-electron chi connectivity index (χ1n) is 6.46. The minimum atomic E-state index is -0.218. The van der Waals surface area contributed by atoms with Gasteiger partial charge in [-0.05, 0) is 29.8 Å². The minimum Gasteiger partial charge on any atom is -0.395 e. The highest BCUT2D eigenvalue weighted by molar-refractivity contribution is 9.10. The molecular weight excluding hydrogens is 323 g/mol. The van der Waals surface area contributed by atoms with E-state index in [9.17, 15) is 9.50 Å². The molecule has 0 aliphatic carbocycles. The lowest BCUT2D eigenvalue weighted by Crippen LogP contribution is -2.26. The lowest BCUT2D eigenvalue weighted by atomic mass is 10.2. The average molecular weight is 341 g/mol. The van der Waals surface area contributed by atoms with E-state index >= 15 is 0 Å². The molecule has 1 N–H and O–H groups in total. The van der Waals surface area contributed by atoms with Gasteiger partial charge in [-0.15, -0.1) is 0 Å². The molecule has 5 heteroatoms. The van der Waals surface area contributed by atoms with Gasteiger partial charge in [-0.25, -0.2) is 4.39 Å². The van der Waals surface area contributed by atoms with E-state index in [0.717, 1.165) is 10.0 Å². The highest BCUT2D eigenvalue weighted by atomic mass is 79.9. The fourth-order valence-electron chi connectivity index (χ4n) is 2.17. The van der Waals surface area contributed by atoms with Crippen LogP contribution in [0.4, 0.5) is 4.39 Å². The Kier molecular flexibility index (Phi) is 5.34. The van der Waals surface area contributed by atoms with Crippen LogP contribution in [0.5, 0.6) is 0 Å². The molecular formula is C15H18BrFN2O. The van der Waals surface area contributed by atoms with Gasteiger partial charge in [0.2, 0.25) is 0 Å². The van der Waals surface area contributed by atoms with Crippen LogP contribution in [0.15, 0.2) is 41.1 Å². The zero-order valence-electron chi connectivity index (χ0n) is 11.4. The largest absolute Gasteiger partial charge is 0.395 e. The Balaban J connectivity index is 2.10. The lowest BCUT2D eigenvalue weighted by Gasteiger charge is -2.21. The summed E-state index contributed by atoms with van der Waals surface area (Å²) in [7, 11) is 1.97. The summed E-state index contributed by atoms with van der Waals surface area (Å²) in [4.78, 5) is 2.03. The van der Waals surface area contributed by atoms with Crippen molar-refractivity contribution in [1.29, 1.82) is 0 Å². The van der Waals surface area contributed by atoms with Crippen LogP contribution >= 0.6 is 15.9 Å². The molecule has 0 saturated heterocycles. The van der Waals surface area contributed by atoms with E-state index in [1.54, 1.807) is 12.1 Å². The smallest absolute Gasteiger partial charge is 0.127 e. The number of aliphatic hydroxyl groups is 1. The van der Waals surface area contributed by atoms with E-state index in [1.807, 2.05) is 35.0 Å². The third kappa shape index (κ3) is 4.16.